The lowest BCUT2D eigenvalue weighted by atomic mass is 9.92. The van der Waals surface area contributed by atoms with Crippen molar-refractivity contribution >= 4 is 11.6 Å². The van der Waals surface area contributed by atoms with E-state index in [1.165, 1.54) is 5.56 Å². The van der Waals surface area contributed by atoms with Gasteiger partial charge in [0.1, 0.15) is 5.75 Å². The van der Waals surface area contributed by atoms with Crippen molar-refractivity contribution in [3.8, 4) is 5.75 Å². The molecule has 1 aromatic carbocycles. The number of rotatable bonds is 4. The van der Waals surface area contributed by atoms with Gasteiger partial charge in [-0.2, -0.15) is 0 Å². The molecule has 2 nitrogen and oxygen atoms in total. The van der Waals surface area contributed by atoms with Gasteiger partial charge in [-0.15, -0.1) is 11.6 Å². The van der Waals surface area contributed by atoms with Gasteiger partial charge in [0.2, 0.25) is 0 Å². The highest BCUT2D eigenvalue weighted by molar-refractivity contribution is 6.21. The summed E-state index contributed by atoms with van der Waals surface area (Å²) in [7, 11) is 0. The van der Waals surface area contributed by atoms with E-state index in [2.05, 4.69) is 12.1 Å². The summed E-state index contributed by atoms with van der Waals surface area (Å²) in [6.45, 7) is 5.73. The monoisotopic (exact) mass is 268 g/mol. The van der Waals surface area contributed by atoms with Crippen molar-refractivity contribution in [2.24, 2.45) is 5.92 Å². The van der Waals surface area contributed by atoms with Crippen LogP contribution >= 0.6 is 11.6 Å². The number of hydrogen-bond acceptors (Lipinski definition) is 2. The second-order valence-corrected chi connectivity index (χ2v) is 5.56. The van der Waals surface area contributed by atoms with Crippen LogP contribution in [0.1, 0.15) is 37.6 Å². The van der Waals surface area contributed by atoms with E-state index in [-0.39, 0.29) is 11.5 Å². The highest BCUT2D eigenvalue weighted by atomic mass is 35.5. The minimum absolute atomic E-state index is 0.0852. The maximum Gasteiger partial charge on any atom is 0.119 e. The molecule has 0 amide bonds. The lowest BCUT2D eigenvalue weighted by Gasteiger charge is -2.26. The Kier molecular flexibility index (Phi) is 4.90. The highest BCUT2D eigenvalue weighted by Gasteiger charge is 2.23. The lowest BCUT2D eigenvalue weighted by Crippen LogP contribution is -2.19. The Labute approximate surface area is 114 Å². The predicted octanol–water partition coefficient (Wildman–Crippen LogP) is 4.18. The summed E-state index contributed by atoms with van der Waals surface area (Å²) in [5.41, 5.74) is 1.18. The first-order chi connectivity index (χ1) is 8.66. The zero-order valence-electron chi connectivity index (χ0n) is 11.1. The zero-order valence-corrected chi connectivity index (χ0v) is 11.8. The van der Waals surface area contributed by atoms with Gasteiger partial charge in [-0.3, -0.25) is 0 Å². The summed E-state index contributed by atoms with van der Waals surface area (Å²) in [6.07, 6.45) is 2.31. The third-order valence-corrected chi connectivity index (χ3v) is 3.86. The van der Waals surface area contributed by atoms with Gasteiger partial charge < -0.3 is 9.47 Å². The van der Waals surface area contributed by atoms with Crippen LogP contribution in [0, 0.1) is 5.92 Å². The summed E-state index contributed by atoms with van der Waals surface area (Å²) in [5.74, 6) is 1.43. The molecule has 0 aromatic heterocycles. The van der Waals surface area contributed by atoms with E-state index < -0.39 is 0 Å². The molecule has 1 aromatic rings. The lowest BCUT2D eigenvalue weighted by molar-refractivity contribution is 0.0650. The molecule has 0 bridgehead atoms. The van der Waals surface area contributed by atoms with E-state index in [0.717, 1.165) is 31.8 Å². The Morgan fingerprint density at radius 1 is 1.17 bits per heavy atom. The molecule has 0 saturated carbocycles. The number of hydrogen-bond donors (Lipinski definition) is 0. The van der Waals surface area contributed by atoms with Gasteiger partial charge in [0.15, 0.2) is 0 Å². The van der Waals surface area contributed by atoms with Crippen molar-refractivity contribution in [3.63, 3.8) is 0 Å². The smallest absolute Gasteiger partial charge is 0.119 e. The molecule has 2 rings (SSSR count). The van der Waals surface area contributed by atoms with Crippen molar-refractivity contribution in [2.45, 2.75) is 38.2 Å². The fourth-order valence-electron chi connectivity index (χ4n) is 2.28. The van der Waals surface area contributed by atoms with Crippen LogP contribution < -0.4 is 4.74 Å². The van der Waals surface area contributed by atoms with Gasteiger partial charge in [-0.25, -0.2) is 0 Å². The van der Waals surface area contributed by atoms with Gasteiger partial charge in [0, 0.05) is 13.2 Å². The van der Waals surface area contributed by atoms with Crippen molar-refractivity contribution in [1.29, 1.82) is 0 Å². The number of halogens is 1. The molecule has 1 aliphatic heterocycles. The SMILES string of the molecule is CC(C)Oc1ccc(C(Cl)C2CCOCC2)cc1. The second-order valence-electron chi connectivity index (χ2n) is 5.09. The Bertz CT molecular complexity index is 355. The molecular weight excluding hydrogens is 248 g/mol. The summed E-state index contributed by atoms with van der Waals surface area (Å²) in [6, 6.07) is 8.16. The highest BCUT2D eigenvalue weighted by Crippen LogP contribution is 2.35. The van der Waals surface area contributed by atoms with Gasteiger partial charge in [0.25, 0.3) is 0 Å². The molecule has 1 atom stereocenters. The minimum Gasteiger partial charge on any atom is -0.491 e. The molecule has 18 heavy (non-hydrogen) atoms. The van der Waals surface area contributed by atoms with Crippen LogP contribution in [0.15, 0.2) is 24.3 Å². The van der Waals surface area contributed by atoms with Crippen molar-refractivity contribution in [1.82, 2.24) is 0 Å². The van der Waals surface area contributed by atoms with Gasteiger partial charge in [-0.05, 0) is 50.3 Å². The van der Waals surface area contributed by atoms with E-state index in [4.69, 9.17) is 21.1 Å². The Morgan fingerprint density at radius 2 is 1.78 bits per heavy atom. The quantitative estimate of drug-likeness (QED) is 0.763. The Balaban J connectivity index is 1.99. The summed E-state index contributed by atoms with van der Waals surface area (Å²) >= 11 is 6.55. The van der Waals surface area contributed by atoms with E-state index in [9.17, 15) is 0 Å². The molecule has 0 radical (unpaired) electrons. The van der Waals surface area contributed by atoms with Crippen LogP contribution in [0.25, 0.3) is 0 Å². The molecule has 1 saturated heterocycles. The normalized spacial score (nSPS) is 18.9. The first-order valence-electron chi connectivity index (χ1n) is 6.65. The molecule has 1 heterocycles. The fourth-order valence-corrected chi connectivity index (χ4v) is 2.68. The topological polar surface area (TPSA) is 18.5 Å². The Hall–Kier alpha value is -0.730. The summed E-state index contributed by atoms with van der Waals surface area (Å²) < 4.78 is 11.0. The zero-order chi connectivity index (χ0) is 13.0. The standard InChI is InChI=1S/C15H21ClO2/c1-11(2)18-14-5-3-12(4-6-14)15(16)13-7-9-17-10-8-13/h3-6,11,13,15H,7-10H2,1-2H3. The third kappa shape index (κ3) is 3.63. The molecule has 1 fully saturated rings. The molecule has 1 aliphatic rings. The molecule has 0 aliphatic carbocycles. The van der Waals surface area contributed by atoms with Gasteiger partial charge in [-0.1, -0.05) is 12.1 Å². The maximum absolute atomic E-state index is 6.55. The van der Waals surface area contributed by atoms with Crippen LogP contribution in [0.3, 0.4) is 0 Å². The predicted molar refractivity (Wildman–Crippen MR) is 74.3 cm³/mol. The van der Waals surface area contributed by atoms with Crippen LogP contribution in [0.5, 0.6) is 5.75 Å². The molecule has 1 unspecified atom stereocenters. The Morgan fingerprint density at radius 3 is 2.33 bits per heavy atom. The first kappa shape index (κ1) is 13.7. The van der Waals surface area contributed by atoms with Gasteiger partial charge >= 0.3 is 0 Å². The molecule has 3 heteroatoms. The van der Waals surface area contributed by atoms with Crippen LogP contribution in [-0.4, -0.2) is 19.3 Å². The number of ether oxygens (including phenoxy) is 2. The average Bonchev–Trinajstić information content (AvgIpc) is 2.39. The largest absolute Gasteiger partial charge is 0.491 e. The van der Waals surface area contributed by atoms with Crippen molar-refractivity contribution in [3.05, 3.63) is 29.8 Å². The van der Waals surface area contributed by atoms with E-state index in [0.29, 0.717) is 5.92 Å². The number of alkyl halides is 1. The van der Waals surface area contributed by atoms with Crippen LogP contribution in [0.4, 0.5) is 0 Å². The second kappa shape index (κ2) is 6.44. The average molecular weight is 269 g/mol. The molecule has 0 spiro atoms. The third-order valence-electron chi connectivity index (χ3n) is 3.25. The van der Waals surface area contributed by atoms with E-state index in [1.807, 2.05) is 26.0 Å². The van der Waals surface area contributed by atoms with E-state index in [1.54, 1.807) is 0 Å². The van der Waals surface area contributed by atoms with Crippen molar-refractivity contribution < 1.29 is 9.47 Å². The van der Waals surface area contributed by atoms with E-state index >= 15 is 0 Å². The molecular formula is C15H21ClO2. The first-order valence-corrected chi connectivity index (χ1v) is 7.09. The molecule has 0 N–H and O–H groups in total. The van der Waals surface area contributed by atoms with Gasteiger partial charge in [0.05, 0.1) is 11.5 Å². The minimum atomic E-state index is 0.0852. The summed E-state index contributed by atoms with van der Waals surface area (Å²) in [5, 5.41) is 0.0852. The van der Waals surface area contributed by atoms with Crippen LogP contribution in [0.2, 0.25) is 0 Å². The van der Waals surface area contributed by atoms with Crippen LogP contribution in [-0.2, 0) is 4.74 Å². The summed E-state index contributed by atoms with van der Waals surface area (Å²) in [4.78, 5) is 0. The maximum atomic E-state index is 6.55. The fraction of sp³-hybridized carbons (Fsp3) is 0.600. The number of benzene rings is 1. The molecule has 100 valence electrons. The van der Waals surface area contributed by atoms with Crippen molar-refractivity contribution in [2.75, 3.05) is 13.2 Å².